The van der Waals surface area contributed by atoms with Crippen LogP contribution in [-0.4, -0.2) is 33.4 Å². The fraction of sp³-hybridized carbons (Fsp3) is 0.550. The minimum Gasteiger partial charge on any atom is -0.466 e. The van der Waals surface area contributed by atoms with E-state index in [9.17, 15) is 9.59 Å². The Morgan fingerprint density at radius 2 is 1.92 bits per heavy atom. The molecule has 4 rings (SSSR count). The predicted molar refractivity (Wildman–Crippen MR) is 97.3 cm³/mol. The average molecular weight is 355 g/mol. The summed E-state index contributed by atoms with van der Waals surface area (Å²) in [6.45, 7) is 5.81. The molecule has 1 aliphatic heterocycles. The fourth-order valence-corrected chi connectivity index (χ4v) is 3.79. The van der Waals surface area contributed by atoms with Crippen LogP contribution < -0.4 is 5.56 Å². The molecule has 0 spiro atoms. The van der Waals surface area contributed by atoms with Gasteiger partial charge in [-0.1, -0.05) is 0 Å². The molecule has 0 radical (unpaired) electrons. The Bertz CT molecular complexity index is 871. The van der Waals surface area contributed by atoms with Crippen molar-refractivity contribution in [1.29, 1.82) is 0 Å². The number of carbonyl (C=O) groups is 1. The quantitative estimate of drug-likeness (QED) is 0.846. The van der Waals surface area contributed by atoms with E-state index in [1.165, 1.54) is 0 Å². The molecule has 3 heterocycles. The van der Waals surface area contributed by atoms with E-state index in [-0.39, 0.29) is 11.5 Å². The Kier molecular flexibility index (Phi) is 4.42. The van der Waals surface area contributed by atoms with Crippen LogP contribution in [0.1, 0.15) is 59.2 Å². The highest BCUT2D eigenvalue weighted by molar-refractivity contribution is 5.95. The second-order valence-electron chi connectivity index (χ2n) is 7.64. The number of likely N-dealkylation sites (tertiary alicyclic amines) is 1. The topological polar surface area (TPSA) is 68.3 Å². The van der Waals surface area contributed by atoms with Crippen LogP contribution in [0.2, 0.25) is 0 Å². The first-order valence-electron chi connectivity index (χ1n) is 9.44. The zero-order valence-electron chi connectivity index (χ0n) is 15.4. The molecule has 1 saturated heterocycles. The molecule has 26 heavy (non-hydrogen) atoms. The molecule has 0 bridgehead atoms. The summed E-state index contributed by atoms with van der Waals surface area (Å²) in [5.74, 6) is 2.40. The molecule has 2 fully saturated rings. The molecule has 2 aliphatic rings. The Morgan fingerprint density at radius 1 is 1.19 bits per heavy atom. The number of hydrogen-bond acceptors (Lipinski definition) is 4. The molecule has 1 saturated carbocycles. The van der Waals surface area contributed by atoms with Crippen molar-refractivity contribution in [3.8, 4) is 0 Å². The van der Waals surface area contributed by atoms with Crippen LogP contribution in [0.4, 0.5) is 0 Å². The Labute approximate surface area is 152 Å². The number of nitrogens with zero attached hydrogens (tertiary/aromatic N) is 3. The predicted octanol–water partition coefficient (Wildman–Crippen LogP) is 2.88. The minimum absolute atomic E-state index is 0.0462. The average Bonchev–Trinajstić information content (AvgIpc) is 3.41. The second-order valence-corrected chi connectivity index (χ2v) is 7.64. The second kappa shape index (κ2) is 6.74. The maximum atomic E-state index is 12.7. The normalized spacial score (nSPS) is 18.3. The summed E-state index contributed by atoms with van der Waals surface area (Å²) in [5, 5.41) is 0. The van der Waals surface area contributed by atoms with Crippen LogP contribution in [0.5, 0.6) is 0 Å². The third kappa shape index (κ3) is 3.45. The largest absolute Gasteiger partial charge is 0.466 e. The Hall–Kier alpha value is -2.37. The molecular formula is C20H25N3O3. The van der Waals surface area contributed by atoms with Gasteiger partial charge in [0.15, 0.2) is 0 Å². The summed E-state index contributed by atoms with van der Waals surface area (Å²) in [4.78, 5) is 31.3. The van der Waals surface area contributed by atoms with Crippen LogP contribution >= 0.6 is 0 Å². The van der Waals surface area contributed by atoms with Gasteiger partial charge in [0.25, 0.3) is 11.5 Å². The van der Waals surface area contributed by atoms with E-state index in [1.54, 1.807) is 17.0 Å². The van der Waals surface area contributed by atoms with Gasteiger partial charge in [0.05, 0.1) is 17.6 Å². The van der Waals surface area contributed by atoms with Gasteiger partial charge in [-0.3, -0.25) is 14.2 Å². The van der Waals surface area contributed by atoms with Crippen LogP contribution in [0.15, 0.2) is 27.7 Å². The maximum absolute atomic E-state index is 12.7. The molecule has 0 aromatic carbocycles. The standard InChI is InChI=1S/C20H25N3O3/c1-13-9-17(14(2)26-13)20(25)22-7-5-15(6-8-22)11-23-12-21-18(10-19(23)24)16-3-4-16/h9-10,12,15-16H,3-8,11H2,1-2H3. The number of aromatic nitrogens is 2. The first-order chi connectivity index (χ1) is 12.5. The van der Waals surface area contributed by atoms with Gasteiger partial charge in [0, 0.05) is 31.6 Å². The van der Waals surface area contributed by atoms with E-state index in [4.69, 9.17) is 4.42 Å². The highest BCUT2D eigenvalue weighted by Crippen LogP contribution is 2.38. The van der Waals surface area contributed by atoms with E-state index in [0.717, 1.165) is 50.2 Å². The molecule has 0 atom stereocenters. The van der Waals surface area contributed by atoms with Crippen molar-refractivity contribution in [3.05, 3.63) is 51.6 Å². The van der Waals surface area contributed by atoms with Crippen molar-refractivity contribution < 1.29 is 9.21 Å². The highest BCUT2D eigenvalue weighted by Gasteiger charge is 2.27. The van der Waals surface area contributed by atoms with E-state index >= 15 is 0 Å². The van der Waals surface area contributed by atoms with Crippen molar-refractivity contribution >= 4 is 5.91 Å². The number of carbonyl (C=O) groups excluding carboxylic acids is 1. The van der Waals surface area contributed by atoms with Crippen LogP contribution in [0.25, 0.3) is 0 Å². The van der Waals surface area contributed by atoms with Gasteiger partial charge in [0.1, 0.15) is 11.5 Å². The van der Waals surface area contributed by atoms with Crippen molar-refractivity contribution in [2.24, 2.45) is 5.92 Å². The molecule has 138 valence electrons. The number of amides is 1. The summed E-state index contributed by atoms with van der Waals surface area (Å²) in [7, 11) is 0. The lowest BCUT2D eigenvalue weighted by Gasteiger charge is -2.32. The van der Waals surface area contributed by atoms with Gasteiger partial charge in [0.2, 0.25) is 0 Å². The summed E-state index contributed by atoms with van der Waals surface area (Å²) < 4.78 is 7.20. The monoisotopic (exact) mass is 355 g/mol. The number of rotatable bonds is 4. The molecule has 1 aliphatic carbocycles. The van der Waals surface area contributed by atoms with Gasteiger partial charge in [-0.05, 0) is 51.5 Å². The summed E-state index contributed by atoms with van der Waals surface area (Å²) >= 11 is 0. The molecule has 0 N–H and O–H groups in total. The van der Waals surface area contributed by atoms with Crippen LogP contribution in [-0.2, 0) is 6.54 Å². The molecule has 2 aromatic rings. The van der Waals surface area contributed by atoms with E-state index in [2.05, 4.69) is 4.98 Å². The number of piperidine rings is 1. The van der Waals surface area contributed by atoms with Gasteiger partial charge in [-0.15, -0.1) is 0 Å². The van der Waals surface area contributed by atoms with Crippen molar-refractivity contribution in [2.45, 2.75) is 52.0 Å². The first-order valence-corrected chi connectivity index (χ1v) is 9.44. The first kappa shape index (κ1) is 17.1. The summed E-state index contributed by atoms with van der Waals surface area (Å²) in [6, 6.07) is 3.51. The number of furan rings is 1. The molecule has 2 aromatic heterocycles. The fourth-order valence-electron chi connectivity index (χ4n) is 3.79. The third-order valence-corrected chi connectivity index (χ3v) is 5.52. The lowest BCUT2D eigenvalue weighted by molar-refractivity contribution is 0.0680. The zero-order valence-corrected chi connectivity index (χ0v) is 15.4. The van der Waals surface area contributed by atoms with Gasteiger partial charge >= 0.3 is 0 Å². The van der Waals surface area contributed by atoms with E-state index in [0.29, 0.717) is 29.7 Å². The van der Waals surface area contributed by atoms with E-state index in [1.807, 2.05) is 24.8 Å². The van der Waals surface area contributed by atoms with E-state index < -0.39 is 0 Å². The SMILES string of the molecule is Cc1cc(C(=O)N2CCC(Cn3cnc(C4CC4)cc3=O)CC2)c(C)o1. The van der Waals surface area contributed by atoms with Crippen molar-refractivity contribution in [1.82, 2.24) is 14.5 Å². The molecule has 1 amide bonds. The van der Waals surface area contributed by atoms with Gasteiger partial charge < -0.3 is 9.32 Å². The van der Waals surface area contributed by atoms with Crippen LogP contribution in [0, 0.1) is 19.8 Å². The zero-order chi connectivity index (χ0) is 18.3. The molecule has 6 nitrogen and oxygen atoms in total. The van der Waals surface area contributed by atoms with Crippen molar-refractivity contribution in [3.63, 3.8) is 0 Å². The lowest BCUT2D eigenvalue weighted by atomic mass is 9.96. The third-order valence-electron chi connectivity index (χ3n) is 5.52. The molecular weight excluding hydrogens is 330 g/mol. The van der Waals surface area contributed by atoms with Gasteiger partial charge in [-0.2, -0.15) is 0 Å². The molecule has 6 heteroatoms. The van der Waals surface area contributed by atoms with Crippen LogP contribution in [0.3, 0.4) is 0 Å². The number of hydrogen-bond donors (Lipinski definition) is 0. The smallest absolute Gasteiger partial charge is 0.257 e. The van der Waals surface area contributed by atoms with Crippen molar-refractivity contribution in [2.75, 3.05) is 13.1 Å². The maximum Gasteiger partial charge on any atom is 0.257 e. The lowest BCUT2D eigenvalue weighted by Crippen LogP contribution is -2.40. The summed E-state index contributed by atoms with van der Waals surface area (Å²) in [5.41, 5.74) is 1.65. The molecule has 0 unspecified atom stereocenters. The Morgan fingerprint density at radius 3 is 2.50 bits per heavy atom. The highest BCUT2D eigenvalue weighted by atomic mass is 16.3. The summed E-state index contributed by atoms with van der Waals surface area (Å²) in [6.07, 6.45) is 5.80. The van der Waals surface area contributed by atoms with Gasteiger partial charge in [-0.25, -0.2) is 4.98 Å². The number of aryl methyl sites for hydroxylation is 2. The Balaban J connectivity index is 1.35. The minimum atomic E-state index is 0.0462.